The van der Waals surface area contributed by atoms with Gasteiger partial charge in [0, 0.05) is 6.42 Å². The molecule has 1 amide bonds. The van der Waals surface area contributed by atoms with E-state index in [1.165, 1.54) is 19.3 Å². The lowest BCUT2D eigenvalue weighted by Crippen LogP contribution is -2.17. The van der Waals surface area contributed by atoms with E-state index in [2.05, 4.69) is 10.3 Å². The molecule has 86 valence electrons. The summed E-state index contributed by atoms with van der Waals surface area (Å²) in [7, 11) is 0. The monoisotopic (exact) mass is 219 g/mol. The predicted molar refractivity (Wildman–Crippen MR) is 63.9 cm³/mol. The first kappa shape index (κ1) is 10.9. The van der Waals surface area contributed by atoms with Crippen LogP contribution in [0.15, 0.2) is 18.3 Å². The van der Waals surface area contributed by atoms with Gasteiger partial charge in [0.05, 0.1) is 11.9 Å². The maximum absolute atomic E-state index is 11.6. The van der Waals surface area contributed by atoms with E-state index >= 15 is 0 Å². The van der Waals surface area contributed by atoms with Crippen molar-refractivity contribution in [2.24, 2.45) is 5.92 Å². The first-order chi connectivity index (χ1) is 7.74. The Bertz CT molecular complexity index is 357. The SMILES string of the molecule is Nc1ccc(NC(=O)CCC2CCC2)nc1. The molecule has 0 aliphatic heterocycles. The van der Waals surface area contributed by atoms with Gasteiger partial charge in [-0.05, 0) is 24.5 Å². The first-order valence-electron chi connectivity index (χ1n) is 5.75. The minimum atomic E-state index is 0.0455. The van der Waals surface area contributed by atoms with Crippen LogP contribution in [0.4, 0.5) is 11.5 Å². The fourth-order valence-electron chi connectivity index (χ4n) is 1.80. The van der Waals surface area contributed by atoms with E-state index in [-0.39, 0.29) is 5.91 Å². The molecule has 0 radical (unpaired) electrons. The van der Waals surface area contributed by atoms with Crippen LogP contribution < -0.4 is 11.1 Å². The zero-order valence-corrected chi connectivity index (χ0v) is 9.28. The van der Waals surface area contributed by atoms with Gasteiger partial charge in [-0.3, -0.25) is 4.79 Å². The summed E-state index contributed by atoms with van der Waals surface area (Å²) in [6.45, 7) is 0. The summed E-state index contributed by atoms with van der Waals surface area (Å²) in [6.07, 6.45) is 7.03. The Kier molecular flexibility index (Phi) is 3.39. The minimum Gasteiger partial charge on any atom is -0.397 e. The fourth-order valence-corrected chi connectivity index (χ4v) is 1.80. The number of nitrogen functional groups attached to an aromatic ring is 1. The van der Waals surface area contributed by atoms with E-state index in [0.717, 1.165) is 12.3 Å². The van der Waals surface area contributed by atoms with Gasteiger partial charge in [0.25, 0.3) is 0 Å². The molecule has 4 nitrogen and oxygen atoms in total. The van der Waals surface area contributed by atoms with Gasteiger partial charge in [0.15, 0.2) is 0 Å². The van der Waals surface area contributed by atoms with Gasteiger partial charge >= 0.3 is 0 Å². The zero-order valence-electron chi connectivity index (χ0n) is 9.28. The maximum Gasteiger partial charge on any atom is 0.225 e. The molecule has 16 heavy (non-hydrogen) atoms. The number of nitrogens with two attached hydrogens (primary N) is 1. The third-order valence-electron chi connectivity index (χ3n) is 3.06. The van der Waals surface area contributed by atoms with E-state index < -0.39 is 0 Å². The Morgan fingerprint density at radius 3 is 2.88 bits per heavy atom. The number of nitrogens with one attached hydrogen (secondary N) is 1. The number of aromatic nitrogens is 1. The fraction of sp³-hybridized carbons (Fsp3) is 0.500. The van der Waals surface area contributed by atoms with Crippen molar-refractivity contribution in [3.05, 3.63) is 18.3 Å². The second-order valence-electron chi connectivity index (χ2n) is 4.36. The van der Waals surface area contributed by atoms with Gasteiger partial charge in [-0.2, -0.15) is 0 Å². The Morgan fingerprint density at radius 2 is 2.31 bits per heavy atom. The highest BCUT2D eigenvalue weighted by molar-refractivity contribution is 5.89. The number of carbonyl (C=O) groups excluding carboxylic acids is 1. The number of hydrogen-bond acceptors (Lipinski definition) is 3. The van der Waals surface area contributed by atoms with Crippen molar-refractivity contribution in [1.29, 1.82) is 0 Å². The second kappa shape index (κ2) is 4.96. The molecule has 0 bridgehead atoms. The Balaban J connectivity index is 1.75. The summed E-state index contributed by atoms with van der Waals surface area (Å²) in [5.74, 6) is 1.39. The molecule has 0 unspecified atom stereocenters. The molecule has 4 heteroatoms. The lowest BCUT2D eigenvalue weighted by Gasteiger charge is -2.24. The quantitative estimate of drug-likeness (QED) is 0.815. The molecule has 1 heterocycles. The average molecular weight is 219 g/mol. The zero-order chi connectivity index (χ0) is 11.4. The molecule has 0 atom stereocenters. The molecule has 1 aromatic heterocycles. The summed E-state index contributed by atoms with van der Waals surface area (Å²) in [5, 5.41) is 2.77. The van der Waals surface area contributed by atoms with Crippen molar-refractivity contribution >= 4 is 17.4 Å². The number of pyridine rings is 1. The molecular weight excluding hydrogens is 202 g/mol. The van der Waals surface area contributed by atoms with Crippen molar-refractivity contribution in [2.45, 2.75) is 32.1 Å². The highest BCUT2D eigenvalue weighted by Gasteiger charge is 2.18. The molecule has 1 aliphatic carbocycles. The van der Waals surface area contributed by atoms with Gasteiger partial charge in [-0.1, -0.05) is 19.3 Å². The molecule has 1 saturated carbocycles. The first-order valence-corrected chi connectivity index (χ1v) is 5.75. The van der Waals surface area contributed by atoms with Crippen molar-refractivity contribution in [3.63, 3.8) is 0 Å². The number of anilines is 2. The molecular formula is C12H17N3O. The average Bonchev–Trinajstić information content (AvgIpc) is 2.19. The normalized spacial score (nSPS) is 15.5. The highest BCUT2D eigenvalue weighted by atomic mass is 16.1. The van der Waals surface area contributed by atoms with E-state index in [1.54, 1.807) is 18.3 Å². The molecule has 0 spiro atoms. The Labute approximate surface area is 95.3 Å². The Morgan fingerprint density at radius 1 is 1.50 bits per heavy atom. The van der Waals surface area contributed by atoms with Crippen LogP contribution in [0.1, 0.15) is 32.1 Å². The van der Waals surface area contributed by atoms with Crippen LogP contribution in [-0.2, 0) is 4.79 Å². The van der Waals surface area contributed by atoms with Gasteiger partial charge in [-0.15, -0.1) is 0 Å². The number of nitrogens with zero attached hydrogens (tertiary/aromatic N) is 1. The molecule has 1 fully saturated rings. The van der Waals surface area contributed by atoms with Crippen LogP contribution in [0, 0.1) is 5.92 Å². The topological polar surface area (TPSA) is 68.0 Å². The number of hydrogen-bond donors (Lipinski definition) is 2. The van der Waals surface area contributed by atoms with Crippen LogP contribution >= 0.6 is 0 Å². The molecule has 2 rings (SSSR count). The summed E-state index contributed by atoms with van der Waals surface area (Å²) in [4.78, 5) is 15.6. The lowest BCUT2D eigenvalue weighted by molar-refractivity contribution is -0.116. The van der Waals surface area contributed by atoms with Crippen molar-refractivity contribution in [1.82, 2.24) is 4.98 Å². The molecule has 1 aliphatic rings. The summed E-state index contributed by atoms with van der Waals surface area (Å²) < 4.78 is 0. The number of amides is 1. The maximum atomic E-state index is 11.6. The number of rotatable bonds is 4. The van der Waals surface area contributed by atoms with E-state index in [1.807, 2.05) is 0 Å². The Hall–Kier alpha value is -1.58. The summed E-state index contributed by atoms with van der Waals surface area (Å²) in [6, 6.07) is 3.45. The predicted octanol–water partition coefficient (Wildman–Crippen LogP) is 2.18. The number of carbonyl (C=O) groups is 1. The van der Waals surface area contributed by atoms with Crippen LogP contribution in [-0.4, -0.2) is 10.9 Å². The lowest BCUT2D eigenvalue weighted by atomic mass is 9.82. The highest BCUT2D eigenvalue weighted by Crippen LogP contribution is 2.30. The van der Waals surface area contributed by atoms with Gasteiger partial charge in [0.1, 0.15) is 5.82 Å². The molecule has 0 aromatic carbocycles. The molecule has 0 saturated heterocycles. The van der Waals surface area contributed by atoms with Crippen LogP contribution in [0.2, 0.25) is 0 Å². The van der Waals surface area contributed by atoms with E-state index in [0.29, 0.717) is 17.9 Å². The minimum absolute atomic E-state index is 0.0455. The van der Waals surface area contributed by atoms with Crippen molar-refractivity contribution in [3.8, 4) is 0 Å². The van der Waals surface area contributed by atoms with Crippen LogP contribution in [0.5, 0.6) is 0 Å². The van der Waals surface area contributed by atoms with Gasteiger partial charge in [0.2, 0.25) is 5.91 Å². The van der Waals surface area contributed by atoms with Crippen molar-refractivity contribution < 1.29 is 4.79 Å². The van der Waals surface area contributed by atoms with Crippen molar-refractivity contribution in [2.75, 3.05) is 11.1 Å². The van der Waals surface area contributed by atoms with E-state index in [4.69, 9.17) is 5.73 Å². The third kappa shape index (κ3) is 2.95. The molecule has 3 N–H and O–H groups in total. The smallest absolute Gasteiger partial charge is 0.225 e. The third-order valence-corrected chi connectivity index (χ3v) is 3.06. The largest absolute Gasteiger partial charge is 0.397 e. The van der Waals surface area contributed by atoms with Gasteiger partial charge in [-0.25, -0.2) is 4.98 Å². The van der Waals surface area contributed by atoms with E-state index in [9.17, 15) is 4.79 Å². The van der Waals surface area contributed by atoms with Gasteiger partial charge < -0.3 is 11.1 Å². The summed E-state index contributed by atoms with van der Waals surface area (Å²) in [5.41, 5.74) is 6.11. The molecule has 1 aromatic rings. The van der Waals surface area contributed by atoms with Crippen LogP contribution in [0.3, 0.4) is 0 Å². The van der Waals surface area contributed by atoms with Crippen LogP contribution in [0.25, 0.3) is 0 Å². The second-order valence-corrected chi connectivity index (χ2v) is 4.36. The standard InChI is InChI=1S/C12H17N3O/c13-10-5-6-11(14-8-10)15-12(16)7-4-9-2-1-3-9/h5-6,8-9H,1-4,7,13H2,(H,14,15,16). The summed E-state index contributed by atoms with van der Waals surface area (Å²) >= 11 is 0.